The van der Waals surface area contributed by atoms with Crippen LogP contribution in [0.15, 0.2) is 11.3 Å². The minimum atomic E-state index is -0.176. The first-order valence-corrected chi connectivity index (χ1v) is 3.12. The molecule has 0 fully saturated rings. The molecule has 1 aliphatic rings. The molecule has 0 saturated heterocycles. The summed E-state index contributed by atoms with van der Waals surface area (Å²) in [5.41, 5.74) is 0.979. The Morgan fingerprint density at radius 1 is 1.70 bits per heavy atom. The van der Waals surface area contributed by atoms with Gasteiger partial charge in [-0.1, -0.05) is 0 Å². The molecule has 1 rings (SSSR count). The predicted molar refractivity (Wildman–Crippen MR) is 35.3 cm³/mol. The molecule has 0 aromatic carbocycles. The molecule has 0 N–H and O–H groups in total. The summed E-state index contributed by atoms with van der Waals surface area (Å²) in [5.74, 6) is 0.497. The van der Waals surface area contributed by atoms with Crippen molar-refractivity contribution in [1.29, 1.82) is 0 Å². The maximum absolute atomic E-state index is 10.6. The van der Waals surface area contributed by atoms with E-state index in [1.54, 1.807) is 7.11 Å². The Balaban J connectivity index is 2.57. The van der Waals surface area contributed by atoms with E-state index in [1.807, 2.05) is 6.92 Å². The molecule has 56 valence electrons. The second-order valence-electron chi connectivity index (χ2n) is 2.29. The molecule has 0 unspecified atom stereocenters. The Hall–Kier alpha value is -0.830. The Bertz CT molecular complexity index is 181. The van der Waals surface area contributed by atoms with E-state index in [0.717, 1.165) is 5.57 Å². The molecular weight excluding hydrogens is 132 g/mol. The lowest BCUT2D eigenvalue weighted by Crippen LogP contribution is -1.98. The second kappa shape index (κ2) is 2.84. The van der Waals surface area contributed by atoms with Crippen molar-refractivity contribution < 1.29 is 14.3 Å². The molecule has 3 nitrogen and oxygen atoms in total. The highest BCUT2D eigenvalue weighted by Gasteiger charge is 2.19. The Morgan fingerprint density at radius 3 is 2.80 bits per heavy atom. The molecule has 0 aromatic rings. The number of esters is 1. The van der Waals surface area contributed by atoms with E-state index < -0.39 is 0 Å². The van der Waals surface area contributed by atoms with E-state index in [0.29, 0.717) is 18.8 Å². The van der Waals surface area contributed by atoms with Crippen LogP contribution in [0.1, 0.15) is 13.3 Å². The molecule has 0 aliphatic carbocycles. The molecule has 1 aliphatic heterocycles. The summed E-state index contributed by atoms with van der Waals surface area (Å²) >= 11 is 0. The molecule has 0 radical (unpaired) electrons. The topological polar surface area (TPSA) is 35.5 Å². The summed E-state index contributed by atoms with van der Waals surface area (Å²) in [7, 11) is 1.58. The van der Waals surface area contributed by atoms with Crippen molar-refractivity contribution in [2.45, 2.75) is 13.3 Å². The summed E-state index contributed by atoms with van der Waals surface area (Å²) in [6.07, 6.45) is 0.415. The van der Waals surface area contributed by atoms with Gasteiger partial charge in [0.15, 0.2) is 0 Å². The average Bonchev–Trinajstić information content (AvgIpc) is 2.13. The second-order valence-corrected chi connectivity index (χ2v) is 2.29. The van der Waals surface area contributed by atoms with Gasteiger partial charge in [0.1, 0.15) is 12.4 Å². The third-order valence-electron chi connectivity index (χ3n) is 1.40. The summed E-state index contributed by atoms with van der Waals surface area (Å²) in [6.45, 7) is 2.27. The van der Waals surface area contributed by atoms with Gasteiger partial charge in [-0.05, 0) is 12.5 Å². The van der Waals surface area contributed by atoms with Gasteiger partial charge in [0, 0.05) is 7.11 Å². The first-order chi connectivity index (χ1) is 4.74. The Kier molecular flexibility index (Phi) is 2.06. The van der Waals surface area contributed by atoms with Crippen LogP contribution in [0.3, 0.4) is 0 Å². The maximum Gasteiger partial charge on any atom is 0.315 e. The highest BCUT2D eigenvalue weighted by molar-refractivity contribution is 5.76. The highest BCUT2D eigenvalue weighted by atomic mass is 16.6. The van der Waals surface area contributed by atoms with Crippen molar-refractivity contribution in [3.05, 3.63) is 11.3 Å². The smallest absolute Gasteiger partial charge is 0.315 e. The van der Waals surface area contributed by atoms with E-state index in [2.05, 4.69) is 0 Å². The fourth-order valence-electron chi connectivity index (χ4n) is 0.859. The van der Waals surface area contributed by atoms with Crippen molar-refractivity contribution in [3.63, 3.8) is 0 Å². The molecule has 10 heavy (non-hydrogen) atoms. The number of rotatable bonds is 2. The number of hydrogen-bond donors (Lipinski definition) is 0. The first-order valence-electron chi connectivity index (χ1n) is 3.12. The molecule has 0 atom stereocenters. The van der Waals surface area contributed by atoms with E-state index in [9.17, 15) is 4.79 Å². The van der Waals surface area contributed by atoms with Crippen molar-refractivity contribution in [1.82, 2.24) is 0 Å². The van der Waals surface area contributed by atoms with Crippen molar-refractivity contribution >= 4 is 5.97 Å². The van der Waals surface area contributed by atoms with Crippen molar-refractivity contribution in [2.24, 2.45) is 0 Å². The van der Waals surface area contributed by atoms with E-state index >= 15 is 0 Å². The molecular formula is C7H10O3. The zero-order valence-electron chi connectivity index (χ0n) is 6.14. The zero-order valence-corrected chi connectivity index (χ0v) is 6.14. The van der Waals surface area contributed by atoms with Gasteiger partial charge < -0.3 is 9.47 Å². The minimum absolute atomic E-state index is 0.176. The van der Waals surface area contributed by atoms with Gasteiger partial charge in [-0.25, -0.2) is 0 Å². The van der Waals surface area contributed by atoms with Gasteiger partial charge in [0.2, 0.25) is 0 Å². The molecule has 3 heteroatoms. The first kappa shape index (κ1) is 7.28. The lowest BCUT2D eigenvalue weighted by atomic mass is 10.2. The Labute approximate surface area is 59.6 Å². The summed E-state index contributed by atoms with van der Waals surface area (Å²) in [4.78, 5) is 10.6. The zero-order chi connectivity index (χ0) is 7.56. The molecule has 0 spiro atoms. The third kappa shape index (κ3) is 1.36. The van der Waals surface area contributed by atoms with Crippen LogP contribution in [0.4, 0.5) is 0 Å². The highest BCUT2D eigenvalue weighted by Crippen LogP contribution is 2.19. The average molecular weight is 142 g/mol. The van der Waals surface area contributed by atoms with Crippen LogP contribution in [-0.2, 0) is 14.3 Å². The number of methoxy groups -OCH3 is 1. The third-order valence-corrected chi connectivity index (χ3v) is 1.40. The van der Waals surface area contributed by atoms with Gasteiger partial charge in [0.05, 0.1) is 6.42 Å². The number of cyclic esters (lactones) is 1. The molecule has 0 amide bonds. The molecule has 0 aromatic heterocycles. The monoisotopic (exact) mass is 142 g/mol. The van der Waals surface area contributed by atoms with E-state index in [4.69, 9.17) is 9.47 Å². The minimum Gasteiger partial charge on any atom is -0.428 e. The molecule has 0 bridgehead atoms. The predicted octanol–water partition coefficient (Wildman–Crippen LogP) is 0.854. The standard InChI is InChI=1S/C7H10O3/c1-5-3-7(8)10-6(5)4-9-2/h3-4H2,1-2H3. The Morgan fingerprint density at radius 2 is 2.40 bits per heavy atom. The SMILES string of the molecule is COCC1=C(C)CC(=O)O1. The molecule has 1 heterocycles. The summed E-state index contributed by atoms with van der Waals surface area (Å²) < 4.78 is 9.64. The quantitative estimate of drug-likeness (QED) is 0.536. The number of carbonyl (C=O) groups excluding carboxylic acids is 1. The fraction of sp³-hybridized carbons (Fsp3) is 0.571. The van der Waals surface area contributed by atoms with Crippen LogP contribution in [0.5, 0.6) is 0 Å². The van der Waals surface area contributed by atoms with Gasteiger partial charge in [-0.2, -0.15) is 0 Å². The number of ether oxygens (including phenoxy) is 2. The van der Waals surface area contributed by atoms with Crippen LogP contribution < -0.4 is 0 Å². The number of hydrogen-bond acceptors (Lipinski definition) is 3. The normalized spacial score (nSPS) is 18.0. The van der Waals surface area contributed by atoms with E-state index in [1.165, 1.54) is 0 Å². The van der Waals surface area contributed by atoms with Crippen LogP contribution in [0.25, 0.3) is 0 Å². The van der Waals surface area contributed by atoms with Gasteiger partial charge >= 0.3 is 5.97 Å². The van der Waals surface area contributed by atoms with Crippen LogP contribution in [-0.4, -0.2) is 19.7 Å². The van der Waals surface area contributed by atoms with Gasteiger partial charge in [-0.15, -0.1) is 0 Å². The maximum atomic E-state index is 10.6. The van der Waals surface area contributed by atoms with Gasteiger partial charge in [-0.3, -0.25) is 4.79 Å². The van der Waals surface area contributed by atoms with Crippen LogP contribution >= 0.6 is 0 Å². The van der Waals surface area contributed by atoms with Crippen molar-refractivity contribution in [3.8, 4) is 0 Å². The van der Waals surface area contributed by atoms with Crippen LogP contribution in [0.2, 0.25) is 0 Å². The summed E-state index contributed by atoms with van der Waals surface area (Å²) in [5, 5.41) is 0. The van der Waals surface area contributed by atoms with Crippen LogP contribution in [0, 0.1) is 0 Å². The largest absolute Gasteiger partial charge is 0.428 e. The molecule has 0 saturated carbocycles. The van der Waals surface area contributed by atoms with Crippen molar-refractivity contribution in [2.75, 3.05) is 13.7 Å². The lowest BCUT2D eigenvalue weighted by molar-refractivity contribution is -0.137. The van der Waals surface area contributed by atoms with E-state index in [-0.39, 0.29) is 5.97 Å². The van der Waals surface area contributed by atoms with Gasteiger partial charge in [0.25, 0.3) is 0 Å². The fourth-order valence-corrected chi connectivity index (χ4v) is 0.859. The number of carbonyl (C=O) groups is 1. The lowest BCUT2D eigenvalue weighted by Gasteiger charge is -1.99. The summed E-state index contributed by atoms with van der Waals surface area (Å²) in [6, 6.07) is 0.